The summed E-state index contributed by atoms with van der Waals surface area (Å²) in [6, 6.07) is 7.58. The second kappa shape index (κ2) is 6.52. The first-order valence-corrected chi connectivity index (χ1v) is 6.95. The molecule has 0 spiro atoms. The van der Waals surface area contributed by atoms with E-state index in [1.54, 1.807) is 0 Å². The predicted molar refractivity (Wildman–Crippen MR) is 80.9 cm³/mol. The monoisotopic (exact) mass is 292 g/mol. The highest BCUT2D eigenvalue weighted by atomic mass is 35.5. The van der Waals surface area contributed by atoms with E-state index in [9.17, 15) is 4.79 Å². The Morgan fingerprint density at radius 3 is 2.80 bits per heavy atom. The van der Waals surface area contributed by atoms with Crippen LogP contribution in [0.2, 0.25) is 5.28 Å². The molecular formula is C14H17ClN4O. The van der Waals surface area contributed by atoms with Crippen LogP contribution >= 0.6 is 11.6 Å². The predicted octanol–water partition coefficient (Wildman–Crippen LogP) is 2.38. The number of carbonyl (C=O) groups excluding carboxylic acids is 1. The fourth-order valence-corrected chi connectivity index (χ4v) is 2.24. The fraction of sp³-hybridized carbons (Fsp3) is 0.357. The molecule has 1 heterocycles. The third-order valence-corrected chi connectivity index (χ3v) is 3.15. The van der Waals surface area contributed by atoms with Crippen LogP contribution in [0.3, 0.4) is 0 Å². The lowest BCUT2D eigenvalue weighted by atomic mass is 10.2. The number of amides is 1. The molecule has 0 radical (unpaired) electrons. The van der Waals surface area contributed by atoms with Gasteiger partial charge in [-0.15, -0.1) is 0 Å². The van der Waals surface area contributed by atoms with Crippen molar-refractivity contribution in [3.8, 4) is 0 Å². The average Bonchev–Trinajstić information content (AvgIpc) is 2.42. The molecule has 5 nitrogen and oxygen atoms in total. The number of primary amides is 1. The van der Waals surface area contributed by atoms with Crippen LogP contribution in [0.1, 0.15) is 19.8 Å². The molecule has 0 bridgehead atoms. The summed E-state index contributed by atoms with van der Waals surface area (Å²) in [6.07, 6.45) is 1.97. The lowest BCUT2D eigenvalue weighted by Gasteiger charge is -2.23. The quantitative estimate of drug-likeness (QED) is 0.830. The van der Waals surface area contributed by atoms with Crippen molar-refractivity contribution in [2.45, 2.75) is 19.8 Å². The van der Waals surface area contributed by atoms with E-state index in [2.05, 4.69) is 16.9 Å². The lowest BCUT2D eigenvalue weighted by Crippen LogP contribution is -2.35. The number of hydrogen-bond donors (Lipinski definition) is 1. The van der Waals surface area contributed by atoms with Gasteiger partial charge in [0.2, 0.25) is 11.2 Å². The highest BCUT2D eigenvalue weighted by Gasteiger charge is 2.15. The number of nitrogens with two attached hydrogens (primary N) is 1. The number of carbonyl (C=O) groups is 1. The van der Waals surface area contributed by atoms with Crippen LogP contribution in [0.15, 0.2) is 24.3 Å². The second-order valence-corrected chi connectivity index (χ2v) is 4.91. The summed E-state index contributed by atoms with van der Waals surface area (Å²) in [4.78, 5) is 21.6. The van der Waals surface area contributed by atoms with Crippen molar-refractivity contribution in [2.24, 2.45) is 5.73 Å². The van der Waals surface area contributed by atoms with Gasteiger partial charge in [-0.2, -0.15) is 4.98 Å². The molecule has 2 N–H and O–H groups in total. The number of fused-ring (bicyclic) bond motifs is 1. The van der Waals surface area contributed by atoms with Gasteiger partial charge in [-0.25, -0.2) is 4.98 Å². The summed E-state index contributed by atoms with van der Waals surface area (Å²) in [7, 11) is 0. The van der Waals surface area contributed by atoms with Gasteiger partial charge in [0.1, 0.15) is 5.82 Å². The summed E-state index contributed by atoms with van der Waals surface area (Å²) < 4.78 is 0. The van der Waals surface area contributed by atoms with Crippen LogP contribution < -0.4 is 10.6 Å². The zero-order valence-electron chi connectivity index (χ0n) is 11.3. The zero-order chi connectivity index (χ0) is 14.5. The molecule has 0 aliphatic carbocycles. The summed E-state index contributed by atoms with van der Waals surface area (Å²) in [5.41, 5.74) is 6.09. The first-order valence-electron chi connectivity index (χ1n) is 6.57. The van der Waals surface area contributed by atoms with E-state index in [4.69, 9.17) is 17.3 Å². The van der Waals surface area contributed by atoms with Crippen LogP contribution in [0.4, 0.5) is 5.82 Å². The van der Waals surface area contributed by atoms with Crippen molar-refractivity contribution >= 4 is 34.2 Å². The maximum atomic E-state index is 11.3. The first-order chi connectivity index (χ1) is 9.61. The number of nitrogens with zero attached hydrogens (tertiary/aromatic N) is 3. The second-order valence-electron chi connectivity index (χ2n) is 4.57. The maximum absolute atomic E-state index is 11.3. The van der Waals surface area contributed by atoms with E-state index in [1.807, 2.05) is 29.2 Å². The Bertz CT molecular complexity index is 617. The average molecular weight is 293 g/mol. The molecule has 2 rings (SSSR count). The molecule has 20 heavy (non-hydrogen) atoms. The lowest BCUT2D eigenvalue weighted by molar-refractivity contribution is -0.116. The van der Waals surface area contributed by atoms with Crippen LogP contribution in [-0.4, -0.2) is 29.0 Å². The number of hydrogen-bond acceptors (Lipinski definition) is 4. The van der Waals surface area contributed by atoms with E-state index in [-0.39, 0.29) is 17.7 Å². The van der Waals surface area contributed by atoms with Crippen LogP contribution in [0.5, 0.6) is 0 Å². The topological polar surface area (TPSA) is 72.1 Å². The van der Waals surface area contributed by atoms with Crippen molar-refractivity contribution in [1.29, 1.82) is 0 Å². The number of rotatable bonds is 6. The van der Waals surface area contributed by atoms with E-state index < -0.39 is 0 Å². The van der Waals surface area contributed by atoms with Crippen LogP contribution in [0.25, 0.3) is 10.9 Å². The summed E-state index contributed by atoms with van der Waals surface area (Å²) in [5.74, 6) is 0.271. The number of halogens is 1. The van der Waals surface area contributed by atoms with Crippen molar-refractivity contribution in [3.05, 3.63) is 29.5 Å². The molecule has 106 valence electrons. The van der Waals surface area contributed by atoms with Gasteiger partial charge in [0.15, 0.2) is 0 Å². The van der Waals surface area contributed by atoms with Crippen molar-refractivity contribution in [2.75, 3.05) is 18.0 Å². The molecule has 0 saturated heterocycles. The van der Waals surface area contributed by atoms with Crippen LogP contribution in [-0.2, 0) is 4.79 Å². The van der Waals surface area contributed by atoms with E-state index >= 15 is 0 Å². The van der Waals surface area contributed by atoms with Crippen LogP contribution in [0, 0.1) is 0 Å². The SMILES string of the molecule is CCCCN(CC(N)=O)c1nc(Cl)nc2ccccc12. The van der Waals surface area contributed by atoms with Gasteiger partial charge < -0.3 is 10.6 Å². The normalized spacial score (nSPS) is 10.7. The highest BCUT2D eigenvalue weighted by Crippen LogP contribution is 2.25. The summed E-state index contributed by atoms with van der Waals surface area (Å²) >= 11 is 5.97. The summed E-state index contributed by atoms with van der Waals surface area (Å²) in [5, 5.41) is 1.04. The van der Waals surface area contributed by atoms with Gasteiger partial charge >= 0.3 is 0 Å². The molecule has 0 atom stereocenters. The Kier molecular flexibility index (Phi) is 4.74. The number of para-hydroxylation sites is 1. The molecule has 1 aromatic heterocycles. The Hall–Kier alpha value is -1.88. The third-order valence-electron chi connectivity index (χ3n) is 2.98. The molecular weight excluding hydrogens is 276 g/mol. The minimum atomic E-state index is -0.389. The van der Waals surface area contributed by atoms with E-state index in [0.717, 1.165) is 23.7 Å². The Morgan fingerprint density at radius 2 is 2.10 bits per heavy atom. The number of unbranched alkanes of at least 4 members (excludes halogenated alkanes) is 1. The molecule has 1 aromatic carbocycles. The van der Waals surface area contributed by atoms with E-state index in [0.29, 0.717) is 12.4 Å². The maximum Gasteiger partial charge on any atom is 0.236 e. The van der Waals surface area contributed by atoms with E-state index in [1.165, 1.54) is 0 Å². The van der Waals surface area contributed by atoms with Crippen molar-refractivity contribution < 1.29 is 4.79 Å². The van der Waals surface area contributed by atoms with Gasteiger partial charge in [-0.3, -0.25) is 4.79 Å². The smallest absolute Gasteiger partial charge is 0.236 e. The first kappa shape index (κ1) is 14.5. The van der Waals surface area contributed by atoms with Gasteiger partial charge in [-0.1, -0.05) is 25.5 Å². The standard InChI is InChI=1S/C14H17ClN4O/c1-2-3-8-19(9-12(16)20)13-10-6-4-5-7-11(10)17-14(15)18-13/h4-7H,2-3,8-9H2,1H3,(H2,16,20). The van der Waals surface area contributed by atoms with Gasteiger partial charge in [0.25, 0.3) is 0 Å². The largest absolute Gasteiger partial charge is 0.368 e. The molecule has 1 amide bonds. The number of benzene rings is 1. The number of anilines is 1. The molecule has 6 heteroatoms. The van der Waals surface area contributed by atoms with Gasteiger partial charge in [-0.05, 0) is 30.2 Å². The molecule has 0 saturated carbocycles. The highest BCUT2D eigenvalue weighted by molar-refractivity contribution is 6.28. The zero-order valence-corrected chi connectivity index (χ0v) is 12.1. The molecule has 0 fully saturated rings. The van der Waals surface area contributed by atoms with Crippen molar-refractivity contribution in [3.63, 3.8) is 0 Å². The Morgan fingerprint density at radius 1 is 1.35 bits per heavy atom. The minimum absolute atomic E-state index is 0.122. The Labute approximate surface area is 122 Å². The van der Waals surface area contributed by atoms with Gasteiger partial charge in [0.05, 0.1) is 12.1 Å². The summed E-state index contributed by atoms with van der Waals surface area (Å²) in [6.45, 7) is 2.92. The molecule has 0 aliphatic rings. The minimum Gasteiger partial charge on any atom is -0.368 e. The molecule has 0 aliphatic heterocycles. The van der Waals surface area contributed by atoms with Crippen molar-refractivity contribution in [1.82, 2.24) is 9.97 Å². The molecule has 2 aromatic rings. The number of aromatic nitrogens is 2. The molecule has 0 unspecified atom stereocenters. The fourth-order valence-electron chi connectivity index (χ4n) is 2.07. The Balaban J connectivity index is 2.47. The van der Waals surface area contributed by atoms with Gasteiger partial charge in [0, 0.05) is 11.9 Å². The third kappa shape index (κ3) is 3.36.